The number of fused-ring (bicyclic) bond motifs is 5. The number of allylic oxidation sites excluding steroid dienone is 5. The standard InChI is InChI=1S/C56H44N2O/c1-38-27-30-49-48-25-11-12-26-50(48)56(53(49)33-38)41-18-14-24-45(35-41)58(43-21-9-4-10-22-43)47-29-32-55-52(37-47)51-36-46(28-31-54(51)59-55)57(42-19-7-3-8-20-42)44-23-13-17-40(34-44)39-15-5-2-6-16-39/h2-27,29-30,32,34-38,56H,28,31,33H2,1H3. The molecule has 3 nitrogen and oxygen atoms in total. The van der Waals surface area contributed by atoms with Gasteiger partial charge in [0, 0.05) is 57.4 Å². The highest BCUT2D eigenvalue weighted by Gasteiger charge is 2.34. The van der Waals surface area contributed by atoms with Gasteiger partial charge in [0.2, 0.25) is 0 Å². The molecule has 0 bridgehead atoms. The molecule has 11 rings (SSSR count). The van der Waals surface area contributed by atoms with Gasteiger partial charge in [0.15, 0.2) is 0 Å². The first-order chi connectivity index (χ1) is 29.2. The van der Waals surface area contributed by atoms with Gasteiger partial charge < -0.3 is 14.2 Å². The summed E-state index contributed by atoms with van der Waals surface area (Å²) in [5.41, 5.74) is 18.4. The number of aryl methyl sites for hydroxylation is 1. The maximum atomic E-state index is 6.64. The zero-order valence-electron chi connectivity index (χ0n) is 33.1. The molecule has 3 aliphatic carbocycles. The van der Waals surface area contributed by atoms with Crippen molar-refractivity contribution in [1.29, 1.82) is 0 Å². The Morgan fingerprint density at radius 2 is 1.19 bits per heavy atom. The van der Waals surface area contributed by atoms with E-state index in [0.29, 0.717) is 5.92 Å². The minimum atomic E-state index is 0.235. The Morgan fingerprint density at radius 3 is 1.98 bits per heavy atom. The van der Waals surface area contributed by atoms with Crippen molar-refractivity contribution in [1.82, 2.24) is 0 Å². The van der Waals surface area contributed by atoms with Crippen LogP contribution in [0.1, 0.15) is 53.7 Å². The largest absolute Gasteiger partial charge is 0.460 e. The molecule has 0 radical (unpaired) electrons. The van der Waals surface area contributed by atoms with Gasteiger partial charge >= 0.3 is 0 Å². The summed E-state index contributed by atoms with van der Waals surface area (Å²) < 4.78 is 6.64. The van der Waals surface area contributed by atoms with Crippen LogP contribution < -0.4 is 9.80 Å². The molecule has 0 aliphatic heterocycles. The third-order valence-electron chi connectivity index (χ3n) is 12.3. The van der Waals surface area contributed by atoms with Crippen molar-refractivity contribution in [2.45, 2.75) is 32.1 Å². The Kier molecular flexibility index (Phi) is 8.73. The van der Waals surface area contributed by atoms with Crippen molar-refractivity contribution in [3.63, 3.8) is 0 Å². The lowest BCUT2D eigenvalue weighted by Gasteiger charge is -2.30. The molecule has 0 spiro atoms. The number of hydrogen-bond acceptors (Lipinski definition) is 3. The van der Waals surface area contributed by atoms with Gasteiger partial charge in [-0.15, -0.1) is 0 Å². The minimum Gasteiger partial charge on any atom is -0.460 e. The molecule has 59 heavy (non-hydrogen) atoms. The molecule has 0 saturated heterocycles. The number of benzene rings is 7. The van der Waals surface area contributed by atoms with E-state index in [-0.39, 0.29) is 5.92 Å². The van der Waals surface area contributed by atoms with Gasteiger partial charge in [0.25, 0.3) is 0 Å². The zero-order valence-corrected chi connectivity index (χ0v) is 33.1. The van der Waals surface area contributed by atoms with Crippen LogP contribution in [0, 0.1) is 5.92 Å². The van der Waals surface area contributed by atoms with E-state index >= 15 is 0 Å². The van der Waals surface area contributed by atoms with Crippen LogP contribution in [0.2, 0.25) is 0 Å². The normalized spacial score (nSPS) is 16.7. The van der Waals surface area contributed by atoms with Crippen LogP contribution >= 0.6 is 0 Å². The van der Waals surface area contributed by atoms with Gasteiger partial charge in [-0.2, -0.15) is 0 Å². The molecule has 2 unspecified atom stereocenters. The van der Waals surface area contributed by atoms with Crippen molar-refractivity contribution < 1.29 is 4.42 Å². The molecule has 0 N–H and O–H groups in total. The molecule has 0 amide bonds. The number of rotatable bonds is 8. The molecule has 3 heteroatoms. The van der Waals surface area contributed by atoms with Crippen molar-refractivity contribution in [2.24, 2.45) is 5.92 Å². The predicted octanol–water partition coefficient (Wildman–Crippen LogP) is 15.2. The summed E-state index contributed by atoms with van der Waals surface area (Å²) in [6.45, 7) is 2.33. The van der Waals surface area contributed by atoms with E-state index in [1.807, 2.05) is 0 Å². The average molecular weight is 761 g/mol. The van der Waals surface area contributed by atoms with E-state index in [0.717, 1.165) is 70.0 Å². The van der Waals surface area contributed by atoms with E-state index < -0.39 is 0 Å². The van der Waals surface area contributed by atoms with Crippen molar-refractivity contribution in [3.05, 3.63) is 233 Å². The van der Waals surface area contributed by atoms with E-state index in [9.17, 15) is 0 Å². The SMILES string of the molecule is CC1C=CC2=C(C1)C(c1cccc(N(c3ccccc3)c3ccc4oc5c(c4c3)C=C(N(c3ccccc3)c3cccc(-c4ccccc4)c3)CC5)c1)c1ccccc12. The lowest BCUT2D eigenvalue weighted by Crippen LogP contribution is -2.18. The van der Waals surface area contributed by atoms with Crippen molar-refractivity contribution >= 4 is 51.1 Å². The van der Waals surface area contributed by atoms with Crippen LogP contribution in [0.4, 0.5) is 28.4 Å². The molecule has 1 aromatic heterocycles. The topological polar surface area (TPSA) is 19.6 Å². The minimum absolute atomic E-state index is 0.235. The second-order valence-corrected chi connectivity index (χ2v) is 16.1. The predicted molar refractivity (Wildman–Crippen MR) is 246 cm³/mol. The number of anilines is 5. The third kappa shape index (κ3) is 6.31. The highest BCUT2D eigenvalue weighted by atomic mass is 16.3. The van der Waals surface area contributed by atoms with Crippen LogP contribution in [0.5, 0.6) is 0 Å². The summed E-state index contributed by atoms with van der Waals surface area (Å²) in [4.78, 5) is 4.82. The first-order valence-corrected chi connectivity index (χ1v) is 20.9. The maximum Gasteiger partial charge on any atom is 0.135 e. The van der Waals surface area contributed by atoms with E-state index in [1.54, 1.807) is 0 Å². The van der Waals surface area contributed by atoms with Gasteiger partial charge in [0.1, 0.15) is 11.3 Å². The first-order valence-electron chi connectivity index (χ1n) is 20.9. The molecule has 1 heterocycles. The third-order valence-corrected chi connectivity index (χ3v) is 12.3. The molecule has 2 atom stereocenters. The van der Waals surface area contributed by atoms with E-state index in [4.69, 9.17) is 4.42 Å². The fourth-order valence-electron chi connectivity index (χ4n) is 9.67. The van der Waals surface area contributed by atoms with Gasteiger partial charge in [0.05, 0.1) is 0 Å². The summed E-state index contributed by atoms with van der Waals surface area (Å²) in [6.07, 6.45) is 9.87. The Balaban J connectivity index is 1.02. The highest BCUT2D eigenvalue weighted by Crippen LogP contribution is 2.51. The lowest BCUT2D eigenvalue weighted by atomic mass is 9.82. The molecule has 284 valence electrons. The Hall–Kier alpha value is -7.10. The number of hydrogen-bond donors (Lipinski definition) is 0. The monoisotopic (exact) mass is 760 g/mol. The van der Waals surface area contributed by atoms with Gasteiger partial charge in [-0.1, -0.05) is 134 Å². The summed E-state index contributed by atoms with van der Waals surface area (Å²) in [5.74, 6) is 1.80. The van der Waals surface area contributed by atoms with E-state index in [2.05, 4.69) is 217 Å². The highest BCUT2D eigenvalue weighted by molar-refractivity contribution is 5.95. The van der Waals surface area contributed by atoms with Gasteiger partial charge in [-0.05, 0) is 131 Å². The Morgan fingerprint density at radius 1 is 0.542 bits per heavy atom. The zero-order chi connectivity index (χ0) is 39.3. The average Bonchev–Trinajstić information content (AvgIpc) is 3.82. The van der Waals surface area contributed by atoms with Gasteiger partial charge in [-0.3, -0.25) is 0 Å². The fourth-order valence-corrected chi connectivity index (χ4v) is 9.67. The van der Waals surface area contributed by atoms with E-state index in [1.165, 1.54) is 44.7 Å². The summed E-state index contributed by atoms with van der Waals surface area (Å²) in [5, 5.41) is 1.13. The summed E-state index contributed by atoms with van der Waals surface area (Å²) in [7, 11) is 0. The van der Waals surface area contributed by atoms with Crippen LogP contribution in [-0.2, 0) is 6.42 Å². The molecule has 8 aromatic rings. The first kappa shape index (κ1) is 35.1. The van der Waals surface area contributed by atoms with Crippen LogP contribution in [0.25, 0.3) is 33.7 Å². The number of nitrogens with zero attached hydrogens (tertiary/aromatic N) is 2. The molecule has 7 aromatic carbocycles. The molecule has 3 aliphatic rings. The lowest BCUT2D eigenvalue weighted by molar-refractivity contribution is 0.542. The quantitative estimate of drug-likeness (QED) is 0.154. The summed E-state index contributed by atoms with van der Waals surface area (Å²) >= 11 is 0. The van der Waals surface area contributed by atoms with Crippen LogP contribution in [0.15, 0.2) is 210 Å². The van der Waals surface area contributed by atoms with Crippen molar-refractivity contribution in [2.75, 3.05) is 9.80 Å². The number of para-hydroxylation sites is 2. The van der Waals surface area contributed by atoms with Crippen LogP contribution in [-0.4, -0.2) is 0 Å². The fraction of sp³-hybridized carbons (Fsp3) is 0.107. The smallest absolute Gasteiger partial charge is 0.135 e. The molecular formula is C56H44N2O. The molecular weight excluding hydrogens is 717 g/mol. The van der Waals surface area contributed by atoms with Crippen LogP contribution in [0.3, 0.4) is 0 Å². The maximum absolute atomic E-state index is 6.64. The molecule has 0 fully saturated rings. The second-order valence-electron chi connectivity index (χ2n) is 16.1. The second kappa shape index (κ2) is 14.7. The summed E-state index contributed by atoms with van der Waals surface area (Å²) in [6, 6.07) is 66.0. The van der Waals surface area contributed by atoms with Gasteiger partial charge in [-0.25, -0.2) is 0 Å². The Bertz CT molecular complexity index is 2940. The molecule has 0 saturated carbocycles. The van der Waals surface area contributed by atoms with Crippen molar-refractivity contribution in [3.8, 4) is 11.1 Å². The number of furan rings is 1. The Labute approximate surface area is 346 Å².